The van der Waals surface area contributed by atoms with Crippen LogP contribution in [0.2, 0.25) is 10.0 Å². The molecule has 2 unspecified atom stereocenters. The third-order valence-electron chi connectivity index (χ3n) is 8.60. The molecule has 0 radical (unpaired) electrons. The molecule has 218 valence electrons. The summed E-state index contributed by atoms with van der Waals surface area (Å²) in [7, 11) is 0. The molecule has 9 heteroatoms. The number of para-hydroxylation sites is 2. The lowest BCUT2D eigenvalue weighted by Gasteiger charge is -2.26. The third-order valence-corrected chi connectivity index (χ3v) is 10.1. The number of nitrogens with zero attached hydrogens (tertiary/aromatic N) is 4. The molecule has 4 aromatic rings. The van der Waals surface area contributed by atoms with E-state index in [0.717, 1.165) is 61.9 Å². The quantitative estimate of drug-likeness (QED) is 0.152. The average molecular weight is 622 g/mol. The molecule has 2 atom stereocenters. The number of hydrogen-bond donors (Lipinski definition) is 0. The van der Waals surface area contributed by atoms with Crippen LogP contribution in [0.3, 0.4) is 0 Å². The van der Waals surface area contributed by atoms with Crippen LogP contribution in [0.25, 0.3) is 16.6 Å². The van der Waals surface area contributed by atoms with Gasteiger partial charge < -0.3 is 9.80 Å². The zero-order chi connectivity index (χ0) is 29.3. The van der Waals surface area contributed by atoms with Crippen LogP contribution in [-0.4, -0.2) is 52.3 Å². The van der Waals surface area contributed by atoms with E-state index < -0.39 is 0 Å². The van der Waals surface area contributed by atoms with Crippen molar-refractivity contribution in [2.75, 3.05) is 36.8 Å². The molecule has 1 aromatic heterocycles. The molecule has 0 N–H and O–H groups in total. The molecule has 6 nitrogen and oxygen atoms in total. The summed E-state index contributed by atoms with van der Waals surface area (Å²) in [6.07, 6.45) is 3.49. The molecule has 6 rings (SSSR count). The Labute approximate surface area is 260 Å². The summed E-state index contributed by atoms with van der Waals surface area (Å²) in [6.45, 7) is 5.70. The van der Waals surface area contributed by atoms with E-state index in [1.165, 1.54) is 0 Å². The first-order valence-corrected chi connectivity index (χ1v) is 16.2. The second kappa shape index (κ2) is 12.3. The molecule has 2 aliphatic rings. The van der Waals surface area contributed by atoms with Crippen LogP contribution in [0.4, 0.5) is 5.69 Å². The fourth-order valence-corrected chi connectivity index (χ4v) is 7.89. The van der Waals surface area contributed by atoms with Gasteiger partial charge in [-0.25, -0.2) is 4.98 Å². The van der Waals surface area contributed by atoms with E-state index >= 15 is 0 Å². The van der Waals surface area contributed by atoms with E-state index in [-0.39, 0.29) is 22.8 Å². The zero-order valence-electron chi connectivity index (χ0n) is 23.6. The highest BCUT2D eigenvalue weighted by Gasteiger charge is 2.45. The Hall–Kier alpha value is -3.00. The van der Waals surface area contributed by atoms with Crippen molar-refractivity contribution in [2.45, 2.75) is 37.8 Å². The molecule has 1 amide bonds. The average Bonchev–Trinajstić information content (AvgIpc) is 3.60. The molecule has 2 aliphatic heterocycles. The number of halogens is 2. The van der Waals surface area contributed by atoms with Crippen molar-refractivity contribution in [2.24, 2.45) is 11.3 Å². The summed E-state index contributed by atoms with van der Waals surface area (Å²) in [6, 6.07) is 22.7. The Morgan fingerprint density at radius 3 is 2.62 bits per heavy atom. The van der Waals surface area contributed by atoms with E-state index in [9.17, 15) is 9.59 Å². The fourth-order valence-electron chi connectivity index (χ4n) is 6.26. The van der Waals surface area contributed by atoms with Gasteiger partial charge in [0.25, 0.3) is 5.56 Å². The monoisotopic (exact) mass is 620 g/mol. The van der Waals surface area contributed by atoms with Crippen molar-refractivity contribution in [3.05, 3.63) is 93.2 Å². The third kappa shape index (κ3) is 6.05. The molecular formula is C33H34Cl2N4O2S. The van der Waals surface area contributed by atoms with Gasteiger partial charge >= 0.3 is 0 Å². The van der Waals surface area contributed by atoms with E-state index in [4.69, 9.17) is 28.2 Å². The van der Waals surface area contributed by atoms with E-state index in [2.05, 4.69) is 22.8 Å². The Morgan fingerprint density at radius 1 is 1.00 bits per heavy atom. The molecule has 2 fully saturated rings. The highest BCUT2D eigenvalue weighted by molar-refractivity contribution is 7.99. The summed E-state index contributed by atoms with van der Waals surface area (Å²) in [5, 5.41) is 2.55. The summed E-state index contributed by atoms with van der Waals surface area (Å²) in [4.78, 5) is 36.1. The Kier molecular flexibility index (Phi) is 8.53. The second-order valence-electron chi connectivity index (χ2n) is 11.7. The SMILES string of the molecule is CC(CCSc1nc2ccccc2c(=O)n1-c1cccc(Cl)c1)CC(=O)N1CCC2(CCN(c3ccccc3Cl)C2)C1. The Balaban J connectivity index is 1.07. The Bertz CT molecular complexity index is 1680. The molecule has 0 bridgehead atoms. The number of benzene rings is 3. The minimum atomic E-state index is -0.114. The lowest BCUT2D eigenvalue weighted by atomic mass is 9.86. The molecule has 3 heterocycles. The number of fused-ring (bicyclic) bond motifs is 1. The summed E-state index contributed by atoms with van der Waals surface area (Å²) < 4.78 is 1.64. The summed E-state index contributed by atoms with van der Waals surface area (Å²) in [5.41, 5.74) is 2.50. The Morgan fingerprint density at radius 2 is 1.79 bits per heavy atom. The van der Waals surface area contributed by atoms with Gasteiger partial charge in [-0.2, -0.15) is 0 Å². The van der Waals surface area contributed by atoms with Crippen LogP contribution in [0.1, 0.15) is 32.6 Å². The van der Waals surface area contributed by atoms with Crippen LogP contribution in [0.5, 0.6) is 0 Å². The number of anilines is 1. The van der Waals surface area contributed by atoms with Crippen LogP contribution in [-0.2, 0) is 4.79 Å². The van der Waals surface area contributed by atoms with Crippen LogP contribution < -0.4 is 10.5 Å². The van der Waals surface area contributed by atoms with Gasteiger partial charge in [-0.05, 0) is 67.6 Å². The number of likely N-dealkylation sites (tertiary alicyclic amines) is 1. The number of aromatic nitrogens is 2. The predicted molar refractivity (Wildman–Crippen MR) is 173 cm³/mol. The van der Waals surface area contributed by atoms with Crippen LogP contribution in [0.15, 0.2) is 82.7 Å². The number of thioether (sulfide) groups is 1. The zero-order valence-corrected chi connectivity index (χ0v) is 26.0. The molecule has 0 saturated carbocycles. The lowest BCUT2D eigenvalue weighted by molar-refractivity contribution is -0.131. The molecular weight excluding hydrogens is 587 g/mol. The lowest BCUT2D eigenvalue weighted by Crippen LogP contribution is -2.34. The molecule has 3 aromatic carbocycles. The minimum Gasteiger partial charge on any atom is -0.370 e. The maximum atomic E-state index is 13.5. The first-order valence-electron chi connectivity index (χ1n) is 14.5. The van der Waals surface area contributed by atoms with Crippen LogP contribution >= 0.6 is 35.0 Å². The van der Waals surface area contributed by atoms with E-state index in [1.54, 1.807) is 34.5 Å². The largest absolute Gasteiger partial charge is 0.370 e. The number of hydrogen-bond acceptors (Lipinski definition) is 5. The second-order valence-corrected chi connectivity index (χ2v) is 13.6. The first-order chi connectivity index (χ1) is 20.3. The highest BCUT2D eigenvalue weighted by Crippen LogP contribution is 2.42. The maximum Gasteiger partial charge on any atom is 0.266 e. The molecule has 1 spiro atoms. The van der Waals surface area contributed by atoms with Crippen molar-refractivity contribution in [1.82, 2.24) is 14.5 Å². The van der Waals surface area contributed by atoms with Gasteiger partial charge in [0.15, 0.2) is 5.16 Å². The molecule has 42 heavy (non-hydrogen) atoms. The number of carbonyl (C=O) groups is 1. The van der Waals surface area contributed by atoms with Gasteiger partial charge in [0.1, 0.15) is 0 Å². The van der Waals surface area contributed by atoms with Crippen molar-refractivity contribution < 1.29 is 4.79 Å². The summed E-state index contributed by atoms with van der Waals surface area (Å²) >= 11 is 14.3. The van der Waals surface area contributed by atoms with Crippen molar-refractivity contribution in [3.8, 4) is 5.69 Å². The molecule has 0 aliphatic carbocycles. The van der Waals surface area contributed by atoms with Gasteiger partial charge in [-0.3, -0.25) is 14.2 Å². The van der Waals surface area contributed by atoms with Crippen molar-refractivity contribution in [3.63, 3.8) is 0 Å². The van der Waals surface area contributed by atoms with Crippen LogP contribution in [0, 0.1) is 11.3 Å². The predicted octanol–water partition coefficient (Wildman–Crippen LogP) is 7.33. The van der Waals surface area contributed by atoms with E-state index in [0.29, 0.717) is 33.2 Å². The highest BCUT2D eigenvalue weighted by atomic mass is 35.5. The normalized spacial score (nSPS) is 19.2. The first kappa shape index (κ1) is 29.1. The smallest absolute Gasteiger partial charge is 0.266 e. The number of carbonyl (C=O) groups excluding carboxylic acids is 1. The topological polar surface area (TPSA) is 58.4 Å². The van der Waals surface area contributed by atoms with Gasteiger partial charge in [-0.15, -0.1) is 0 Å². The maximum absolute atomic E-state index is 13.5. The summed E-state index contributed by atoms with van der Waals surface area (Å²) in [5.74, 6) is 1.20. The van der Waals surface area contributed by atoms with Crippen molar-refractivity contribution in [1.29, 1.82) is 0 Å². The number of rotatable bonds is 8. The molecule has 2 saturated heterocycles. The van der Waals surface area contributed by atoms with Crippen molar-refractivity contribution >= 4 is 57.5 Å². The number of amides is 1. The van der Waals surface area contributed by atoms with Gasteiger partial charge in [0.05, 0.1) is 27.3 Å². The van der Waals surface area contributed by atoms with Gasteiger partial charge in [0.2, 0.25) is 5.91 Å². The van der Waals surface area contributed by atoms with Gasteiger partial charge in [0, 0.05) is 48.8 Å². The van der Waals surface area contributed by atoms with Gasteiger partial charge in [-0.1, -0.05) is 72.2 Å². The minimum absolute atomic E-state index is 0.114. The standard InChI is InChI=1S/C33H34Cl2N4O2S/c1-23(19-30(40)38-17-15-33(22-38)14-16-37(21-33)29-12-5-3-10-27(29)35)13-18-42-32-36-28-11-4-2-9-26(28)31(41)39(32)25-8-6-7-24(34)20-25/h2-12,20,23H,13-19,21-22H2,1H3. The van der Waals surface area contributed by atoms with E-state index in [1.807, 2.05) is 48.5 Å². The fraction of sp³-hybridized carbons (Fsp3) is 0.364.